The van der Waals surface area contributed by atoms with E-state index in [2.05, 4.69) is 9.88 Å². The summed E-state index contributed by atoms with van der Waals surface area (Å²) in [5.74, 6) is -0.142. The average Bonchev–Trinajstić information content (AvgIpc) is 2.97. The van der Waals surface area contributed by atoms with E-state index in [0.29, 0.717) is 6.42 Å². The molecule has 0 spiro atoms. The van der Waals surface area contributed by atoms with E-state index >= 15 is 0 Å². The third kappa shape index (κ3) is 2.65. The van der Waals surface area contributed by atoms with Gasteiger partial charge >= 0.3 is 0 Å². The lowest BCUT2D eigenvalue weighted by atomic mass is 10.0. The van der Waals surface area contributed by atoms with Crippen LogP contribution in [-0.4, -0.2) is 25.5 Å². The Morgan fingerprint density at radius 3 is 2.94 bits per heavy atom. The highest BCUT2D eigenvalue weighted by Crippen LogP contribution is 2.28. The first-order valence-electron chi connectivity index (χ1n) is 5.58. The highest BCUT2D eigenvalue weighted by Gasteiger charge is 2.34. The van der Waals surface area contributed by atoms with E-state index in [1.165, 1.54) is 11.3 Å². The van der Waals surface area contributed by atoms with Gasteiger partial charge in [-0.05, 0) is 24.3 Å². The molecule has 8 heteroatoms. The molecule has 1 aliphatic carbocycles. The zero-order chi connectivity index (χ0) is 13.2. The van der Waals surface area contributed by atoms with Gasteiger partial charge in [0.1, 0.15) is 10.0 Å². The predicted molar refractivity (Wildman–Crippen MR) is 69.2 cm³/mol. The molecule has 0 radical (unpaired) electrons. The Bertz CT molecular complexity index is 525. The van der Waals surface area contributed by atoms with Crippen molar-refractivity contribution >= 4 is 27.2 Å². The molecule has 1 aliphatic rings. The molecular weight excluding hydrogens is 274 g/mol. The molecule has 1 saturated carbocycles. The minimum atomic E-state index is -3.50. The van der Waals surface area contributed by atoms with Crippen molar-refractivity contribution in [2.45, 2.75) is 29.5 Å². The van der Waals surface area contributed by atoms with E-state index in [9.17, 15) is 8.42 Å². The molecule has 18 heavy (non-hydrogen) atoms. The molecule has 0 amide bonds. The number of thiophene rings is 1. The first-order chi connectivity index (χ1) is 8.54. The number of rotatable bonds is 4. The molecule has 2 rings (SSSR count). The van der Waals surface area contributed by atoms with Crippen LogP contribution in [0.1, 0.15) is 19.3 Å². The molecule has 4 N–H and O–H groups in total. The SMILES string of the molecule is NC(=NO)C1CCCC1NS(=O)(=O)c1cccs1. The van der Waals surface area contributed by atoms with Gasteiger partial charge in [0, 0.05) is 12.0 Å². The van der Waals surface area contributed by atoms with E-state index in [0.717, 1.165) is 12.8 Å². The molecular formula is C10H15N3O3S2. The normalized spacial score (nSPS) is 25.4. The van der Waals surface area contributed by atoms with Gasteiger partial charge in [-0.1, -0.05) is 17.6 Å². The molecule has 0 bridgehead atoms. The standard InChI is InChI=1S/C10H15N3O3S2/c11-10(12-14)7-3-1-4-8(7)13-18(15,16)9-5-2-6-17-9/h2,5-8,13-14H,1,3-4H2,(H2,11,12). The maximum Gasteiger partial charge on any atom is 0.250 e. The van der Waals surface area contributed by atoms with Crippen LogP contribution in [-0.2, 0) is 10.0 Å². The van der Waals surface area contributed by atoms with E-state index in [4.69, 9.17) is 10.9 Å². The Kier molecular flexibility index (Phi) is 3.88. The second-order valence-electron chi connectivity index (χ2n) is 4.22. The summed E-state index contributed by atoms with van der Waals surface area (Å²) in [4.78, 5) is 0. The first kappa shape index (κ1) is 13.3. The molecule has 2 unspecified atom stereocenters. The second-order valence-corrected chi connectivity index (χ2v) is 7.11. The molecule has 1 heterocycles. The number of nitrogens with two attached hydrogens (primary N) is 1. The Balaban J connectivity index is 2.14. The van der Waals surface area contributed by atoms with Gasteiger partial charge < -0.3 is 10.9 Å². The highest BCUT2D eigenvalue weighted by atomic mass is 32.2. The van der Waals surface area contributed by atoms with Gasteiger partial charge in [0.05, 0.1) is 0 Å². The summed E-state index contributed by atoms with van der Waals surface area (Å²) in [6.45, 7) is 0. The topological polar surface area (TPSA) is 105 Å². The molecule has 6 nitrogen and oxygen atoms in total. The summed E-state index contributed by atoms with van der Waals surface area (Å²) in [6, 6.07) is 2.95. The van der Waals surface area contributed by atoms with Crippen LogP contribution < -0.4 is 10.5 Å². The van der Waals surface area contributed by atoms with Crippen molar-refractivity contribution in [1.29, 1.82) is 0 Å². The van der Waals surface area contributed by atoms with Crippen LogP contribution in [0.5, 0.6) is 0 Å². The monoisotopic (exact) mass is 289 g/mol. The summed E-state index contributed by atoms with van der Waals surface area (Å²) >= 11 is 1.17. The van der Waals surface area contributed by atoms with E-state index in [-0.39, 0.29) is 22.0 Å². The van der Waals surface area contributed by atoms with Crippen LogP contribution in [0.15, 0.2) is 26.9 Å². The zero-order valence-electron chi connectivity index (χ0n) is 9.61. The van der Waals surface area contributed by atoms with Gasteiger partial charge in [0.15, 0.2) is 0 Å². The van der Waals surface area contributed by atoms with Gasteiger partial charge in [-0.3, -0.25) is 0 Å². The van der Waals surface area contributed by atoms with Gasteiger partial charge in [0.2, 0.25) is 10.0 Å². The maximum absolute atomic E-state index is 12.1. The number of hydrogen-bond acceptors (Lipinski definition) is 5. The number of oxime groups is 1. The lowest BCUT2D eigenvalue weighted by Crippen LogP contribution is -2.42. The Hall–Kier alpha value is -1.12. The minimum absolute atomic E-state index is 0.0892. The Labute approximate surface area is 110 Å². The number of amidine groups is 1. The molecule has 0 aromatic carbocycles. The summed E-state index contributed by atoms with van der Waals surface area (Å²) in [6.07, 6.45) is 2.29. The molecule has 100 valence electrons. The van der Waals surface area contributed by atoms with Crippen molar-refractivity contribution in [3.63, 3.8) is 0 Å². The van der Waals surface area contributed by atoms with Gasteiger partial charge in [0.25, 0.3) is 0 Å². The molecule has 0 aliphatic heterocycles. The minimum Gasteiger partial charge on any atom is -0.409 e. The van der Waals surface area contributed by atoms with E-state index in [1.54, 1.807) is 17.5 Å². The lowest BCUT2D eigenvalue weighted by molar-refractivity contribution is 0.312. The van der Waals surface area contributed by atoms with Crippen molar-refractivity contribution in [3.8, 4) is 0 Å². The van der Waals surface area contributed by atoms with Crippen LogP contribution in [0.25, 0.3) is 0 Å². The van der Waals surface area contributed by atoms with Crippen LogP contribution in [0.3, 0.4) is 0 Å². The quantitative estimate of drug-likeness (QED) is 0.332. The third-order valence-electron chi connectivity index (χ3n) is 3.08. The van der Waals surface area contributed by atoms with Crippen LogP contribution in [0, 0.1) is 5.92 Å². The number of nitrogens with one attached hydrogen (secondary N) is 1. The third-order valence-corrected chi connectivity index (χ3v) is 5.97. The van der Waals surface area contributed by atoms with Gasteiger partial charge in [-0.15, -0.1) is 11.3 Å². The molecule has 0 saturated heterocycles. The summed E-state index contributed by atoms with van der Waals surface area (Å²) in [5, 5.41) is 13.4. The first-order valence-corrected chi connectivity index (χ1v) is 7.94. The average molecular weight is 289 g/mol. The molecule has 1 aromatic rings. The Morgan fingerprint density at radius 2 is 2.33 bits per heavy atom. The largest absolute Gasteiger partial charge is 0.409 e. The second kappa shape index (κ2) is 5.25. The number of sulfonamides is 1. The van der Waals surface area contributed by atoms with Crippen LogP contribution >= 0.6 is 11.3 Å². The zero-order valence-corrected chi connectivity index (χ0v) is 11.2. The highest BCUT2D eigenvalue weighted by molar-refractivity contribution is 7.91. The van der Waals surface area contributed by atoms with Crippen LogP contribution in [0.2, 0.25) is 0 Å². The predicted octanol–water partition coefficient (Wildman–Crippen LogP) is 0.941. The smallest absolute Gasteiger partial charge is 0.250 e. The number of nitrogens with zero attached hydrogens (tertiary/aromatic N) is 1. The van der Waals surface area contributed by atoms with Crippen molar-refractivity contribution in [1.82, 2.24) is 4.72 Å². The van der Waals surface area contributed by atoms with E-state index < -0.39 is 10.0 Å². The fourth-order valence-electron chi connectivity index (χ4n) is 2.20. The fraction of sp³-hybridized carbons (Fsp3) is 0.500. The summed E-state index contributed by atoms with van der Waals surface area (Å²) < 4.78 is 27.0. The maximum atomic E-state index is 12.1. The summed E-state index contributed by atoms with van der Waals surface area (Å²) in [7, 11) is -3.50. The molecule has 1 aromatic heterocycles. The molecule has 1 fully saturated rings. The van der Waals surface area contributed by atoms with Crippen molar-refractivity contribution in [3.05, 3.63) is 17.5 Å². The van der Waals surface area contributed by atoms with Crippen LogP contribution in [0.4, 0.5) is 0 Å². The summed E-state index contributed by atoms with van der Waals surface area (Å²) in [5.41, 5.74) is 5.57. The lowest BCUT2D eigenvalue weighted by Gasteiger charge is -2.19. The van der Waals surface area contributed by atoms with Crippen molar-refractivity contribution in [2.75, 3.05) is 0 Å². The van der Waals surface area contributed by atoms with Crippen molar-refractivity contribution < 1.29 is 13.6 Å². The van der Waals surface area contributed by atoms with Crippen molar-refractivity contribution in [2.24, 2.45) is 16.8 Å². The molecule has 2 atom stereocenters. The van der Waals surface area contributed by atoms with E-state index in [1.807, 2.05) is 0 Å². The fourth-order valence-corrected chi connectivity index (χ4v) is 4.52. The van der Waals surface area contributed by atoms with Gasteiger partial charge in [-0.25, -0.2) is 13.1 Å². The van der Waals surface area contributed by atoms with Gasteiger partial charge in [-0.2, -0.15) is 0 Å². The number of hydrogen-bond donors (Lipinski definition) is 3. The Morgan fingerprint density at radius 1 is 1.56 bits per heavy atom.